The van der Waals surface area contributed by atoms with Crippen LogP contribution < -0.4 is 15.6 Å². The summed E-state index contributed by atoms with van der Waals surface area (Å²) in [5.74, 6) is 1.17. The first-order chi connectivity index (χ1) is 12.0. The Morgan fingerprint density at radius 1 is 1.36 bits per heavy atom. The molecular formula is C19H23N3O3. The number of ether oxygens (including phenoxy) is 1. The summed E-state index contributed by atoms with van der Waals surface area (Å²) in [6.45, 7) is 2.00. The Hall–Kier alpha value is -2.63. The van der Waals surface area contributed by atoms with Crippen LogP contribution in [0.3, 0.4) is 0 Å². The highest BCUT2D eigenvalue weighted by Crippen LogP contribution is 2.35. The lowest BCUT2D eigenvalue weighted by molar-refractivity contribution is -0.122. The van der Waals surface area contributed by atoms with Gasteiger partial charge in [0.05, 0.1) is 19.1 Å². The summed E-state index contributed by atoms with van der Waals surface area (Å²) >= 11 is 0. The summed E-state index contributed by atoms with van der Waals surface area (Å²) in [5, 5.41) is 3.06. The molecule has 1 amide bonds. The van der Waals surface area contributed by atoms with Crippen molar-refractivity contribution in [2.24, 2.45) is 0 Å². The summed E-state index contributed by atoms with van der Waals surface area (Å²) < 4.78 is 5.31. The predicted octanol–water partition coefficient (Wildman–Crippen LogP) is 2.08. The van der Waals surface area contributed by atoms with E-state index in [1.807, 2.05) is 25.1 Å². The van der Waals surface area contributed by atoms with Crippen LogP contribution in [-0.2, 0) is 11.2 Å². The number of aromatic nitrogens is 2. The van der Waals surface area contributed by atoms with Gasteiger partial charge in [-0.3, -0.25) is 9.59 Å². The fourth-order valence-electron chi connectivity index (χ4n) is 3.16. The molecule has 3 rings (SSSR count). The van der Waals surface area contributed by atoms with Crippen molar-refractivity contribution in [3.8, 4) is 5.75 Å². The number of rotatable bonds is 6. The van der Waals surface area contributed by atoms with Crippen LogP contribution in [0.15, 0.2) is 35.4 Å². The molecule has 6 nitrogen and oxygen atoms in total. The maximum Gasteiger partial charge on any atom is 0.250 e. The second-order valence-corrected chi connectivity index (χ2v) is 6.57. The van der Waals surface area contributed by atoms with E-state index < -0.39 is 0 Å². The van der Waals surface area contributed by atoms with Crippen molar-refractivity contribution in [2.45, 2.75) is 44.6 Å². The van der Waals surface area contributed by atoms with Gasteiger partial charge in [0, 0.05) is 24.4 Å². The Balaban J connectivity index is 1.44. The lowest BCUT2D eigenvalue weighted by Crippen LogP contribution is -2.43. The molecule has 1 aromatic heterocycles. The standard InChI is InChI=1S/C19H23N3O3/c1-12-3-4-13(7-17(12)25-2)5-6-18(23)22-15-8-14(9-15)16-10-19(24)21-11-20-16/h3-4,7,10-11,14-15H,5-6,8-9H2,1-2H3,(H,22,23)(H,20,21,24). The van der Waals surface area contributed by atoms with E-state index in [-0.39, 0.29) is 23.4 Å². The molecule has 1 heterocycles. The monoisotopic (exact) mass is 341 g/mol. The number of aryl methyl sites for hydroxylation is 2. The Labute approximate surface area is 146 Å². The largest absolute Gasteiger partial charge is 0.496 e. The van der Waals surface area contributed by atoms with Gasteiger partial charge in [0.2, 0.25) is 5.91 Å². The average Bonchev–Trinajstić information content (AvgIpc) is 2.57. The van der Waals surface area contributed by atoms with Gasteiger partial charge in [-0.25, -0.2) is 4.98 Å². The Morgan fingerprint density at radius 2 is 2.16 bits per heavy atom. The predicted molar refractivity (Wildman–Crippen MR) is 94.8 cm³/mol. The highest BCUT2D eigenvalue weighted by Gasteiger charge is 2.32. The van der Waals surface area contributed by atoms with Crippen molar-refractivity contribution in [1.29, 1.82) is 0 Å². The minimum atomic E-state index is -0.133. The van der Waals surface area contributed by atoms with Gasteiger partial charge in [-0.05, 0) is 43.4 Å². The first-order valence-corrected chi connectivity index (χ1v) is 8.52. The van der Waals surface area contributed by atoms with E-state index in [9.17, 15) is 9.59 Å². The summed E-state index contributed by atoms with van der Waals surface area (Å²) in [7, 11) is 1.65. The third-order valence-electron chi connectivity index (χ3n) is 4.73. The Morgan fingerprint density at radius 3 is 2.88 bits per heavy atom. The summed E-state index contributed by atoms with van der Waals surface area (Å²) in [5.41, 5.74) is 2.85. The van der Waals surface area contributed by atoms with Gasteiger partial charge in [-0.15, -0.1) is 0 Å². The maximum atomic E-state index is 12.1. The van der Waals surface area contributed by atoms with Crippen LogP contribution in [0, 0.1) is 6.92 Å². The number of amides is 1. The third kappa shape index (κ3) is 4.26. The Kier molecular flexibility index (Phi) is 5.16. The highest BCUT2D eigenvalue weighted by molar-refractivity contribution is 5.76. The van der Waals surface area contributed by atoms with E-state index in [1.54, 1.807) is 7.11 Å². The molecule has 1 fully saturated rings. The molecule has 132 valence electrons. The number of methoxy groups -OCH3 is 1. The molecule has 0 saturated heterocycles. The quantitative estimate of drug-likeness (QED) is 0.842. The summed E-state index contributed by atoms with van der Waals surface area (Å²) in [6.07, 6.45) is 4.24. The van der Waals surface area contributed by atoms with Crippen molar-refractivity contribution < 1.29 is 9.53 Å². The molecule has 1 aliphatic carbocycles. The van der Waals surface area contributed by atoms with Gasteiger partial charge in [-0.2, -0.15) is 0 Å². The number of benzene rings is 1. The zero-order valence-corrected chi connectivity index (χ0v) is 14.5. The van der Waals surface area contributed by atoms with Gasteiger partial charge in [-0.1, -0.05) is 12.1 Å². The number of hydrogen-bond acceptors (Lipinski definition) is 4. The summed E-state index contributed by atoms with van der Waals surface area (Å²) in [4.78, 5) is 30.1. The average molecular weight is 341 g/mol. The fourth-order valence-corrected chi connectivity index (χ4v) is 3.16. The zero-order valence-electron chi connectivity index (χ0n) is 14.5. The van der Waals surface area contributed by atoms with Crippen LogP contribution >= 0.6 is 0 Å². The van der Waals surface area contributed by atoms with Crippen LogP contribution in [0.5, 0.6) is 5.75 Å². The van der Waals surface area contributed by atoms with E-state index >= 15 is 0 Å². The number of carbonyl (C=O) groups excluding carboxylic acids is 1. The minimum absolute atomic E-state index is 0.0573. The smallest absolute Gasteiger partial charge is 0.250 e. The second kappa shape index (κ2) is 7.51. The molecule has 0 aliphatic heterocycles. The van der Waals surface area contributed by atoms with E-state index in [1.165, 1.54) is 12.4 Å². The highest BCUT2D eigenvalue weighted by atomic mass is 16.5. The summed E-state index contributed by atoms with van der Waals surface area (Å²) in [6, 6.07) is 7.74. The van der Waals surface area contributed by atoms with Crippen molar-refractivity contribution in [1.82, 2.24) is 15.3 Å². The molecule has 25 heavy (non-hydrogen) atoms. The minimum Gasteiger partial charge on any atom is -0.496 e. The molecule has 2 N–H and O–H groups in total. The fraction of sp³-hybridized carbons (Fsp3) is 0.421. The second-order valence-electron chi connectivity index (χ2n) is 6.57. The number of carbonyl (C=O) groups is 1. The molecule has 6 heteroatoms. The van der Waals surface area contributed by atoms with Crippen LogP contribution in [0.4, 0.5) is 0 Å². The van der Waals surface area contributed by atoms with Crippen molar-refractivity contribution in [2.75, 3.05) is 7.11 Å². The number of nitrogens with zero attached hydrogens (tertiary/aromatic N) is 1. The van der Waals surface area contributed by atoms with Crippen LogP contribution in [0.25, 0.3) is 0 Å². The molecule has 1 aliphatic rings. The topological polar surface area (TPSA) is 84.1 Å². The molecule has 0 spiro atoms. The molecule has 0 atom stereocenters. The van der Waals surface area contributed by atoms with Gasteiger partial charge >= 0.3 is 0 Å². The van der Waals surface area contributed by atoms with Gasteiger partial charge < -0.3 is 15.0 Å². The number of aromatic amines is 1. The van der Waals surface area contributed by atoms with Gasteiger partial charge in [0.25, 0.3) is 5.56 Å². The van der Waals surface area contributed by atoms with E-state index in [0.717, 1.165) is 35.4 Å². The molecule has 1 saturated carbocycles. The van der Waals surface area contributed by atoms with Crippen LogP contribution in [-0.4, -0.2) is 29.0 Å². The lowest BCUT2D eigenvalue weighted by atomic mass is 9.78. The molecule has 0 unspecified atom stereocenters. The molecule has 0 bridgehead atoms. The molecule has 0 radical (unpaired) electrons. The SMILES string of the molecule is COc1cc(CCC(=O)NC2CC(c3cc(=O)[nH]cn3)C2)ccc1C. The number of hydrogen-bond donors (Lipinski definition) is 2. The lowest BCUT2D eigenvalue weighted by Gasteiger charge is -2.35. The molecule has 2 aromatic rings. The zero-order chi connectivity index (χ0) is 17.8. The third-order valence-corrected chi connectivity index (χ3v) is 4.73. The molecule has 1 aromatic carbocycles. The van der Waals surface area contributed by atoms with Crippen molar-refractivity contribution >= 4 is 5.91 Å². The van der Waals surface area contributed by atoms with Gasteiger partial charge in [0.1, 0.15) is 5.75 Å². The van der Waals surface area contributed by atoms with E-state index in [4.69, 9.17) is 4.74 Å². The Bertz CT molecular complexity index is 810. The number of nitrogens with one attached hydrogen (secondary N) is 2. The molecular weight excluding hydrogens is 318 g/mol. The van der Waals surface area contributed by atoms with Crippen molar-refractivity contribution in [3.63, 3.8) is 0 Å². The van der Waals surface area contributed by atoms with E-state index in [2.05, 4.69) is 15.3 Å². The van der Waals surface area contributed by atoms with Gasteiger partial charge in [0.15, 0.2) is 0 Å². The normalized spacial score (nSPS) is 19.1. The maximum absolute atomic E-state index is 12.1. The van der Waals surface area contributed by atoms with E-state index in [0.29, 0.717) is 12.8 Å². The van der Waals surface area contributed by atoms with Crippen LogP contribution in [0.1, 0.15) is 42.0 Å². The first kappa shape index (κ1) is 17.2. The van der Waals surface area contributed by atoms with Crippen molar-refractivity contribution in [3.05, 3.63) is 57.8 Å². The number of H-pyrrole nitrogens is 1. The first-order valence-electron chi connectivity index (χ1n) is 8.52. The van der Waals surface area contributed by atoms with Crippen LogP contribution in [0.2, 0.25) is 0 Å².